The second kappa shape index (κ2) is 7.26. The molecule has 2 atom stereocenters. The second-order valence-corrected chi connectivity index (χ2v) is 5.21. The molecular weight excluding hydrogens is 280 g/mol. The minimum Gasteiger partial charge on any atom is -0.396 e. The number of anilines is 1. The van der Waals surface area contributed by atoms with E-state index in [2.05, 4.69) is 10.6 Å². The summed E-state index contributed by atoms with van der Waals surface area (Å²) in [6, 6.07) is 4.52. The monoisotopic (exact) mass is 298 g/mol. The third-order valence-corrected chi connectivity index (χ3v) is 3.36. The molecule has 20 heavy (non-hydrogen) atoms. The van der Waals surface area contributed by atoms with E-state index >= 15 is 0 Å². The summed E-state index contributed by atoms with van der Waals surface area (Å²) in [4.78, 5) is 23.2. The third-order valence-electron chi connectivity index (χ3n) is 3.03. The summed E-state index contributed by atoms with van der Waals surface area (Å²) < 4.78 is 0. The summed E-state index contributed by atoms with van der Waals surface area (Å²) in [5.74, 6) is -0.618. The molecule has 0 radical (unpaired) electrons. The van der Waals surface area contributed by atoms with Crippen LogP contribution in [0, 0.1) is 5.92 Å². The van der Waals surface area contributed by atoms with Crippen molar-refractivity contribution in [3.05, 3.63) is 28.8 Å². The molecule has 1 rings (SSSR count). The molecule has 3 N–H and O–H groups in total. The summed E-state index contributed by atoms with van der Waals surface area (Å²) in [6.07, 6.45) is 0. The van der Waals surface area contributed by atoms with Gasteiger partial charge in [-0.1, -0.05) is 18.5 Å². The quantitative estimate of drug-likeness (QED) is 0.778. The van der Waals surface area contributed by atoms with Crippen LogP contribution in [0.25, 0.3) is 0 Å². The van der Waals surface area contributed by atoms with Crippen LogP contribution in [-0.4, -0.2) is 29.6 Å². The highest BCUT2D eigenvalue weighted by Crippen LogP contribution is 2.21. The summed E-state index contributed by atoms with van der Waals surface area (Å²) in [7, 11) is 0. The van der Waals surface area contributed by atoms with Gasteiger partial charge in [0, 0.05) is 25.3 Å². The number of carbonyl (C=O) groups excluding carboxylic acids is 2. The zero-order chi connectivity index (χ0) is 15.3. The molecule has 0 aliphatic rings. The Labute approximate surface area is 123 Å². The Morgan fingerprint density at radius 1 is 1.35 bits per heavy atom. The number of hydrogen-bond acceptors (Lipinski definition) is 3. The molecular formula is C14H19ClN2O3. The number of aliphatic hydroxyl groups excluding tert-OH is 1. The van der Waals surface area contributed by atoms with E-state index in [1.165, 1.54) is 13.0 Å². The van der Waals surface area contributed by atoms with Crippen molar-refractivity contribution in [3.8, 4) is 0 Å². The number of hydrogen-bond donors (Lipinski definition) is 3. The molecule has 2 unspecified atom stereocenters. The zero-order valence-electron chi connectivity index (χ0n) is 11.7. The van der Waals surface area contributed by atoms with Crippen molar-refractivity contribution < 1.29 is 14.7 Å². The lowest BCUT2D eigenvalue weighted by Gasteiger charge is -2.19. The van der Waals surface area contributed by atoms with Gasteiger partial charge in [-0.25, -0.2) is 0 Å². The maximum Gasteiger partial charge on any atom is 0.253 e. The van der Waals surface area contributed by atoms with Crippen LogP contribution in [0.2, 0.25) is 5.02 Å². The van der Waals surface area contributed by atoms with Crippen molar-refractivity contribution in [1.29, 1.82) is 0 Å². The summed E-state index contributed by atoms with van der Waals surface area (Å²) in [5.41, 5.74) is 0.796. The molecule has 0 aliphatic carbocycles. The Balaban J connectivity index is 2.89. The van der Waals surface area contributed by atoms with Crippen LogP contribution >= 0.6 is 11.6 Å². The van der Waals surface area contributed by atoms with E-state index in [9.17, 15) is 9.59 Å². The van der Waals surface area contributed by atoms with Gasteiger partial charge in [0.15, 0.2) is 0 Å². The van der Waals surface area contributed by atoms with Crippen molar-refractivity contribution in [1.82, 2.24) is 5.32 Å². The number of nitrogens with one attached hydrogen (secondary N) is 2. The molecule has 1 aromatic carbocycles. The van der Waals surface area contributed by atoms with Crippen LogP contribution in [-0.2, 0) is 4.79 Å². The fraction of sp³-hybridized carbons (Fsp3) is 0.429. The fourth-order valence-electron chi connectivity index (χ4n) is 1.57. The highest BCUT2D eigenvalue weighted by atomic mass is 35.5. The van der Waals surface area contributed by atoms with Crippen molar-refractivity contribution in [2.75, 3.05) is 11.9 Å². The average molecular weight is 299 g/mol. The Morgan fingerprint density at radius 3 is 2.55 bits per heavy atom. The molecule has 110 valence electrons. The summed E-state index contributed by atoms with van der Waals surface area (Å²) >= 11 is 6.00. The van der Waals surface area contributed by atoms with Crippen LogP contribution in [0.5, 0.6) is 0 Å². The minimum atomic E-state index is -0.338. The van der Waals surface area contributed by atoms with E-state index in [1.807, 2.05) is 13.8 Å². The van der Waals surface area contributed by atoms with Crippen LogP contribution < -0.4 is 10.6 Å². The first-order chi connectivity index (χ1) is 9.35. The van der Waals surface area contributed by atoms with Gasteiger partial charge in [0.2, 0.25) is 5.91 Å². The van der Waals surface area contributed by atoms with Crippen molar-refractivity contribution in [2.45, 2.75) is 26.8 Å². The molecule has 0 bridgehead atoms. The molecule has 6 heteroatoms. The predicted octanol–water partition coefficient (Wildman–Crippen LogP) is 2.05. The predicted molar refractivity (Wildman–Crippen MR) is 78.9 cm³/mol. The zero-order valence-corrected chi connectivity index (χ0v) is 12.5. The topological polar surface area (TPSA) is 78.4 Å². The molecule has 2 amide bonds. The van der Waals surface area contributed by atoms with Crippen molar-refractivity contribution >= 4 is 29.1 Å². The van der Waals surface area contributed by atoms with E-state index in [4.69, 9.17) is 16.7 Å². The van der Waals surface area contributed by atoms with E-state index in [0.717, 1.165) is 0 Å². The van der Waals surface area contributed by atoms with E-state index in [0.29, 0.717) is 10.7 Å². The first-order valence-electron chi connectivity index (χ1n) is 6.34. The maximum absolute atomic E-state index is 12.1. The molecule has 0 aliphatic heterocycles. The summed E-state index contributed by atoms with van der Waals surface area (Å²) in [6.45, 7) is 5.02. The van der Waals surface area contributed by atoms with Crippen LogP contribution in [0.3, 0.4) is 0 Å². The van der Waals surface area contributed by atoms with E-state index in [1.54, 1.807) is 12.1 Å². The fourth-order valence-corrected chi connectivity index (χ4v) is 1.77. The number of halogens is 1. The van der Waals surface area contributed by atoms with Gasteiger partial charge < -0.3 is 15.7 Å². The van der Waals surface area contributed by atoms with Gasteiger partial charge in [0.1, 0.15) is 0 Å². The Hall–Kier alpha value is -1.59. The van der Waals surface area contributed by atoms with Crippen LogP contribution in [0.15, 0.2) is 18.2 Å². The SMILES string of the molecule is CC(=O)Nc1ccc(Cl)c(C(=O)NC(C)C(C)CO)c1. The van der Waals surface area contributed by atoms with Gasteiger partial charge >= 0.3 is 0 Å². The number of carbonyl (C=O) groups is 2. The molecule has 1 aromatic rings. The average Bonchev–Trinajstić information content (AvgIpc) is 2.39. The Bertz CT molecular complexity index is 505. The highest BCUT2D eigenvalue weighted by molar-refractivity contribution is 6.34. The highest BCUT2D eigenvalue weighted by Gasteiger charge is 2.17. The Morgan fingerprint density at radius 2 is 2.00 bits per heavy atom. The van der Waals surface area contributed by atoms with Crippen molar-refractivity contribution in [2.24, 2.45) is 5.92 Å². The van der Waals surface area contributed by atoms with Gasteiger partial charge in [0.25, 0.3) is 5.91 Å². The van der Waals surface area contributed by atoms with Gasteiger partial charge in [-0.15, -0.1) is 0 Å². The maximum atomic E-state index is 12.1. The molecule has 0 saturated heterocycles. The molecule has 0 fully saturated rings. The molecule has 0 spiro atoms. The van der Waals surface area contributed by atoms with Gasteiger partial charge in [0.05, 0.1) is 10.6 Å². The number of amides is 2. The second-order valence-electron chi connectivity index (χ2n) is 4.80. The van der Waals surface area contributed by atoms with E-state index in [-0.39, 0.29) is 35.9 Å². The third kappa shape index (κ3) is 4.51. The molecule has 0 aromatic heterocycles. The number of aliphatic hydroxyl groups is 1. The standard InChI is InChI=1S/C14H19ClN2O3/c1-8(7-18)9(2)16-14(20)12-6-11(17-10(3)19)4-5-13(12)15/h4-6,8-9,18H,7H2,1-3H3,(H,16,20)(H,17,19). The largest absolute Gasteiger partial charge is 0.396 e. The Kier molecular flexibility index (Phi) is 5.98. The molecule has 0 heterocycles. The van der Waals surface area contributed by atoms with Gasteiger partial charge in [-0.2, -0.15) is 0 Å². The number of rotatable bonds is 5. The normalized spacial score (nSPS) is 13.4. The van der Waals surface area contributed by atoms with Gasteiger partial charge in [-0.3, -0.25) is 9.59 Å². The lowest BCUT2D eigenvalue weighted by atomic mass is 10.0. The lowest BCUT2D eigenvalue weighted by Crippen LogP contribution is -2.38. The smallest absolute Gasteiger partial charge is 0.253 e. The van der Waals surface area contributed by atoms with E-state index < -0.39 is 0 Å². The van der Waals surface area contributed by atoms with Crippen LogP contribution in [0.1, 0.15) is 31.1 Å². The summed E-state index contributed by atoms with van der Waals surface area (Å²) in [5, 5.41) is 14.7. The number of benzene rings is 1. The molecule has 5 nitrogen and oxygen atoms in total. The van der Waals surface area contributed by atoms with Crippen molar-refractivity contribution in [3.63, 3.8) is 0 Å². The molecule has 0 saturated carbocycles. The lowest BCUT2D eigenvalue weighted by molar-refractivity contribution is -0.114. The first-order valence-corrected chi connectivity index (χ1v) is 6.71. The van der Waals surface area contributed by atoms with Gasteiger partial charge in [-0.05, 0) is 31.0 Å². The minimum absolute atomic E-state index is 0.0128. The first kappa shape index (κ1) is 16.5. The van der Waals surface area contributed by atoms with Crippen LogP contribution in [0.4, 0.5) is 5.69 Å².